The van der Waals surface area contributed by atoms with Crippen molar-refractivity contribution in [3.63, 3.8) is 0 Å². The number of fused-ring (bicyclic) bond motifs is 4. The highest BCUT2D eigenvalue weighted by molar-refractivity contribution is 5.24. The Bertz CT molecular complexity index is 560. The van der Waals surface area contributed by atoms with Crippen LogP contribution in [-0.2, 0) is 11.3 Å². The van der Waals surface area contributed by atoms with Crippen LogP contribution in [0.4, 0.5) is 5.95 Å². The minimum Gasteiger partial charge on any atom is -0.381 e. The summed E-state index contributed by atoms with van der Waals surface area (Å²) in [6, 6.07) is 1.41. The first-order chi connectivity index (χ1) is 12.8. The summed E-state index contributed by atoms with van der Waals surface area (Å²) in [4.78, 5) is 14.4. The van der Waals surface area contributed by atoms with E-state index < -0.39 is 0 Å². The number of hydrogen-bond acceptors (Lipinski definition) is 6. The van der Waals surface area contributed by atoms with E-state index in [4.69, 9.17) is 4.74 Å². The lowest BCUT2D eigenvalue weighted by molar-refractivity contribution is 0.0307. The molecule has 1 aromatic heterocycles. The van der Waals surface area contributed by atoms with Gasteiger partial charge in [-0.3, -0.25) is 9.80 Å². The first-order valence-corrected chi connectivity index (χ1v) is 10.4. The van der Waals surface area contributed by atoms with E-state index >= 15 is 0 Å². The van der Waals surface area contributed by atoms with Gasteiger partial charge in [0.2, 0.25) is 5.95 Å². The van der Waals surface area contributed by atoms with Crippen LogP contribution in [0.25, 0.3) is 0 Å². The average Bonchev–Trinajstić information content (AvgIpc) is 3.00. The molecular weight excluding hydrogens is 326 g/mol. The van der Waals surface area contributed by atoms with Crippen molar-refractivity contribution in [3.8, 4) is 0 Å². The molecule has 6 heteroatoms. The van der Waals surface area contributed by atoms with E-state index in [2.05, 4.69) is 32.0 Å². The third-order valence-corrected chi connectivity index (χ3v) is 6.19. The maximum absolute atomic E-state index is 5.57. The highest BCUT2D eigenvalue weighted by atomic mass is 16.5. The Balaban J connectivity index is 1.37. The SMILES string of the molecule is CCCNc1ncc(CN2C[C@H]3CC[C@@H]2CN(C2CCOCC2)C3)cn1. The van der Waals surface area contributed by atoms with E-state index in [1.165, 1.54) is 50.9 Å². The predicted molar refractivity (Wildman–Crippen MR) is 103 cm³/mol. The molecule has 1 N–H and O–H groups in total. The monoisotopic (exact) mass is 359 g/mol. The van der Waals surface area contributed by atoms with Crippen LogP contribution in [-0.4, -0.2) is 71.2 Å². The second-order valence-electron chi connectivity index (χ2n) is 8.17. The molecule has 6 nitrogen and oxygen atoms in total. The summed E-state index contributed by atoms with van der Waals surface area (Å²) in [5, 5.41) is 3.25. The fraction of sp³-hybridized carbons (Fsp3) is 0.800. The first kappa shape index (κ1) is 18.1. The van der Waals surface area contributed by atoms with Gasteiger partial charge in [0, 0.05) is 76.0 Å². The highest BCUT2D eigenvalue weighted by Crippen LogP contribution is 2.31. The summed E-state index contributed by atoms with van der Waals surface area (Å²) in [5.74, 6) is 1.56. The summed E-state index contributed by atoms with van der Waals surface area (Å²) in [6.07, 6.45) is 10.2. The normalized spacial score (nSPS) is 28.2. The number of rotatable bonds is 6. The van der Waals surface area contributed by atoms with Gasteiger partial charge in [-0.25, -0.2) is 9.97 Å². The van der Waals surface area contributed by atoms with Crippen LogP contribution in [0.3, 0.4) is 0 Å². The molecule has 1 aromatic rings. The van der Waals surface area contributed by atoms with Crippen molar-refractivity contribution in [1.82, 2.24) is 19.8 Å². The van der Waals surface area contributed by atoms with Gasteiger partial charge in [-0.1, -0.05) is 6.92 Å². The van der Waals surface area contributed by atoms with Crippen LogP contribution < -0.4 is 5.32 Å². The van der Waals surface area contributed by atoms with Gasteiger partial charge in [-0.05, 0) is 38.0 Å². The third-order valence-electron chi connectivity index (χ3n) is 6.19. The van der Waals surface area contributed by atoms with E-state index in [0.717, 1.165) is 50.6 Å². The third kappa shape index (κ3) is 4.35. The molecule has 5 rings (SSSR count). The van der Waals surface area contributed by atoms with Crippen LogP contribution >= 0.6 is 0 Å². The molecule has 0 saturated carbocycles. The minimum absolute atomic E-state index is 0.675. The fourth-order valence-electron chi connectivity index (χ4n) is 4.76. The zero-order chi connectivity index (χ0) is 17.8. The molecule has 4 fully saturated rings. The lowest BCUT2D eigenvalue weighted by Gasteiger charge is -2.37. The quantitative estimate of drug-likeness (QED) is 0.842. The molecule has 4 saturated heterocycles. The summed E-state index contributed by atoms with van der Waals surface area (Å²) in [7, 11) is 0. The molecule has 0 unspecified atom stereocenters. The number of anilines is 1. The van der Waals surface area contributed by atoms with E-state index in [1.54, 1.807) is 0 Å². The molecule has 0 spiro atoms. The number of ether oxygens (including phenoxy) is 1. The van der Waals surface area contributed by atoms with Crippen molar-refractivity contribution in [3.05, 3.63) is 18.0 Å². The van der Waals surface area contributed by atoms with Gasteiger partial charge in [0.1, 0.15) is 0 Å². The van der Waals surface area contributed by atoms with Crippen molar-refractivity contribution >= 4 is 5.95 Å². The number of aromatic nitrogens is 2. The molecule has 4 aliphatic heterocycles. The van der Waals surface area contributed by atoms with Crippen molar-refractivity contribution in [2.24, 2.45) is 5.92 Å². The number of piperidine rings is 1. The van der Waals surface area contributed by atoms with Gasteiger partial charge in [-0.15, -0.1) is 0 Å². The smallest absolute Gasteiger partial charge is 0.222 e. The van der Waals surface area contributed by atoms with Crippen LogP contribution in [0.5, 0.6) is 0 Å². The van der Waals surface area contributed by atoms with Crippen molar-refractivity contribution in [2.45, 2.75) is 57.7 Å². The van der Waals surface area contributed by atoms with E-state index in [0.29, 0.717) is 6.04 Å². The minimum atomic E-state index is 0.675. The van der Waals surface area contributed by atoms with Gasteiger partial charge >= 0.3 is 0 Å². The standard InChI is InChI=1S/C20H33N5O/c1-2-7-21-20-22-10-17(11-23-20)14-24-12-16-3-4-19(24)15-25(13-16)18-5-8-26-9-6-18/h10-11,16,18-19H,2-9,12-15H2,1H3,(H,21,22,23)/t16-,19-/m1/s1. The Morgan fingerprint density at radius 1 is 1.04 bits per heavy atom. The molecule has 2 bridgehead atoms. The Morgan fingerprint density at radius 3 is 2.62 bits per heavy atom. The van der Waals surface area contributed by atoms with Crippen LogP contribution in [0.2, 0.25) is 0 Å². The van der Waals surface area contributed by atoms with Gasteiger partial charge in [0.15, 0.2) is 0 Å². The molecule has 144 valence electrons. The molecule has 0 aliphatic carbocycles. The Kier molecular flexibility index (Phi) is 6.02. The maximum Gasteiger partial charge on any atom is 0.222 e. The first-order valence-electron chi connectivity index (χ1n) is 10.4. The average molecular weight is 360 g/mol. The molecule has 0 amide bonds. The number of nitrogens with zero attached hydrogens (tertiary/aromatic N) is 4. The van der Waals surface area contributed by atoms with Crippen molar-refractivity contribution < 1.29 is 4.74 Å². The predicted octanol–water partition coefficient (Wildman–Crippen LogP) is 2.37. The molecule has 0 aromatic carbocycles. The van der Waals surface area contributed by atoms with E-state index in [-0.39, 0.29) is 0 Å². The van der Waals surface area contributed by atoms with Gasteiger partial charge in [0.05, 0.1) is 0 Å². The Labute approximate surface area is 157 Å². The van der Waals surface area contributed by atoms with Crippen molar-refractivity contribution in [2.75, 3.05) is 44.7 Å². The lowest BCUT2D eigenvalue weighted by atomic mass is 9.94. The van der Waals surface area contributed by atoms with Crippen LogP contribution in [0, 0.1) is 5.92 Å². The number of nitrogens with one attached hydrogen (secondary N) is 1. The topological polar surface area (TPSA) is 53.5 Å². The second kappa shape index (κ2) is 8.63. The van der Waals surface area contributed by atoms with Gasteiger partial charge in [-0.2, -0.15) is 0 Å². The lowest BCUT2D eigenvalue weighted by Crippen LogP contribution is -2.45. The summed E-state index contributed by atoms with van der Waals surface area (Å²) >= 11 is 0. The molecule has 26 heavy (non-hydrogen) atoms. The Hall–Kier alpha value is -1.24. The van der Waals surface area contributed by atoms with Gasteiger partial charge in [0.25, 0.3) is 0 Å². The Morgan fingerprint density at radius 2 is 1.85 bits per heavy atom. The van der Waals surface area contributed by atoms with Crippen LogP contribution in [0.1, 0.15) is 44.6 Å². The summed E-state index contributed by atoms with van der Waals surface area (Å²) in [6.45, 7) is 9.66. The molecular formula is C20H33N5O. The summed E-state index contributed by atoms with van der Waals surface area (Å²) < 4.78 is 5.57. The van der Waals surface area contributed by atoms with Crippen LogP contribution in [0.15, 0.2) is 12.4 Å². The molecule has 5 heterocycles. The summed E-state index contributed by atoms with van der Waals surface area (Å²) in [5.41, 5.74) is 1.23. The van der Waals surface area contributed by atoms with Gasteiger partial charge < -0.3 is 10.1 Å². The second-order valence-corrected chi connectivity index (χ2v) is 8.17. The van der Waals surface area contributed by atoms with E-state index in [1.807, 2.05) is 12.4 Å². The zero-order valence-electron chi connectivity index (χ0n) is 16.1. The number of hydrogen-bond donors (Lipinski definition) is 1. The molecule has 0 radical (unpaired) electrons. The van der Waals surface area contributed by atoms with Crippen molar-refractivity contribution in [1.29, 1.82) is 0 Å². The molecule has 2 atom stereocenters. The fourth-order valence-corrected chi connectivity index (χ4v) is 4.76. The molecule has 4 aliphatic rings. The zero-order valence-corrected chi connectivity index (χ0v) is 16.1. The highest BCUT2D eigenvalue weighted by Gasteiger charge is 2.37. The largest absolute Gasteiger partial charge is 0.381 e. The van der Waals surface area contributed by atoms with E-state index in [9.17, 15) is 0 Å². The maximum atomic E-state index is 5.57.